The number of esters is 1. The number of benzene rings is 1. The van der Waals surface area contributed by atoms with Crippen LogP contribution < -0.4 is 0 Å². The van der Waals surface area contributed by atoms with Gasteiger partial charge in [0, 0.05) is 17.9 Å². The minimum absolute atomic E-state index is 0.246. The molecule has 0 saturated carbocycles. The lowest BCUT2D eigenvalue weighted by Gasteiger charge is -2.05. The summed E-state index contributed by atoms with van der Waals surface area (Å²) in [4.78, 5) is 15.2. The van der Waals surface area contributed by atoms with E-state index < -0.39 is 0 Å². The highest BCUT2D eigenvalue weighted by Gasteiger charge is 2.06. The maximum atomic E-state index is 10.7. The van der Waals surface area contributed by atoms with E-state index in [4.69, 9.17) is 4.74 Å². The van der Waals surface area contributed by atoms with Crippen LogP contribution in [-0.4, -0.2) is 11.0 Å². The van der Waals surface area contributed by atoms with Gasteiger partial charge in [-0.05, 0) is 11.5 Å². The molecular formula is C15H17NO2S. The molecule has 0 atom stereocenters. The molecule has 1 aromatic carbocycles. The summed E-state index contributed by atoms with van der Waals surface area (Å²) in [7, 11) is 0. The second kappa shape index (κ2) is 5.97. The Labute approximate surface area is 117 Å². The maximum Gasteiger partial charge on any atom is 0.303 e. The Morgan fingerprint density at radius 3 is 2.58 bits per heavy atom. The van der Waals surface area contributed by atoms with Crippen molar-refractivity contribution >= 4 is 17.3 Å². The van der Waals surface area contributed by atoms with Gasteiger partial charge in [0.1, 0.15) is 11.6 Å². The molecule has 2 rings (SSSR count). The minimum atomic E-state index is -0.282. The number of carbonyl (C=O) groups excluding carboxylic acids is 1. The first-order valence-electron chi connectivity index (χ1n) is 6.24. The van der Waals surface area contributed by atoms with Gasteiger partial charge in [0.2, 0.25) is 0 Å². The molecule has 0 radical (unpaired) electrons. The van der Waals surface area contributed by atoms with Crippen LogP contribution in [0.25, 0.3) is 10.6 Å². The quantitative estimate of drug-likeness (QED) is 0.792. The van der Waals surface area contributed by atoms with Gasteiger partial charge in [0.25, 0.3) is 0 Å². The predicted molar refractivity (Wildman–Crippen MR) is 77.1 cm³/mol. The number of hydrogen-bond acceptors (Lipinski definition) is 4. The van der Waals surface area contributed by atoms with Crippen molar-refractivity contribution < 1.29 is 9.53 Å². The molecule has 1 heterocycles. The van der Waals surface area contributed by atoms with Gasteiger partial charge in [-0.3, -0.25) is 4.79 Å². The predicted octanol–water partition coefficient (Wildman–Crippen LogP) is 4.00. The molecule has 0 saturated heterocycles. The molecule has 0 aliphatic rings. The summed E-state index contributed by atoms with van der Waals surface area (Å²) in [6.07, 6.45) is 0. The van der Waals surface area contributed by atoms with Gasteiger partial charge in [-0.1, -0.05) is 38.1 Å². The van der Waals surface area contributed by atoms with Crippen LogP contribution in [0.1, 0.15) is 37.9 Å². The first-order valence-corrected chi connectivity index (χ1v) is 7.12. The largest absolute Gasteiger partial charge is 0.459 e. The first kappa shape index (κ1) is 13.7. The van der Waals surface area contributed by atoms with Gasteiger partial charge in [0.05, 0.1) is 5.69 Å². The second-order valence-corrected chi connectivity index (χ2v) is 5.56. The molecule has 0 fully saturated rings. The van der Waals surface area contributed by atoms with Crippen molar-refractivity contribution in [2.24, 2.45) is 0 Å². The number of aromatic nitrogens is 1. The van der Waals surface area contributed by atoms with Crippen molar-refractivity contribution in [3.63, 3.8) is 0 Å². The van der Waals surface area contributed by atoms with Crippen LogP contribution in [0.4, 0.5) is 0 Å². The molecule has 0 unspecified atom stereocenters. The molecule has 19 heavy (non-hydrogen) atoms. The van der Waals surface area contributed by atoms with E-state index in [2.05, 4.69) is 43.1 Å². The summed E-state index contributed by atoms with van der Waals surface area (Å²) >= 11 is 1.57. The summed E-state index contributed by atoms with van der Waals surface area (Å²) in [5, 5.41) is 2.88. The number of thiazole rings is 1. The molecule has 0 bridgehead atoms. The fraction of sp³-hybridized carbons (Fsp3) is 0.333. The number of carbonyl (C=O) groups is 1. The fourth-order valence-corrected chi connectivity index (χ4v) is 2.50. The molecule has 2 aromatic rings. The summed E-state index contributed by atoms with van der Waals surface area (Å²) in [5.74, 6) is 0.251. The van der Waals surface area contributed by atoms with Crippen LogP contribution in [-0.2, 0) is 16.1 Å². The van der Waals surface area contributed by atoms with Crippen LogP contribution >= 0.6 is 11.3 Å². The molecule has 3 nitrogen and oxygen atoms in total. The summed E-state index contributed by atoms with van der Waals surface area (Å²) < 4.78 is 4.93. The first-order chi connectivity index (χ1) is 9.06. The Bertz CT molecular complexity index is 558. The SMILES string of the molecule is CC(=O)OCc1csc(-c2ccc(C(C)C)cc2)n1. The Balaban J connectivity index is 2.11. The lowest BCUT2D eigenvalue weighted by atomic mass is 10.0. The van der Waals surface area contributed by atoms with E-state index in [1.54, 1.807) is 11.3 Å². The van der Waals surface area contributed by atoms with Crippen LogP contribution in [0.2, 0.25) is 0 Å². The molecule has 1 aromatic heterocycles. The van der Waals surface area contributed by atoms with Crippen LogP contribution in [0.15, 0.2) is 29.6 Å². The van der Waals surface area contributed by atoms with E-state index in [9.17, 15) is 4.79 Å². The van der Waals surface area contributed by atoms with Gasteiger partial charge >= 0.3 is 5.97 Å². The number of hydrogen-bond donors (Lipinski definition) is 0. The van der Waals surface area contributed by atoms with Crippen LogP contribution in [0, 0.1) is 0 Å². The van der Waals surface area contributed by atoms with Gasteiger partial charge in [0.15, 0.2) is 0 Å². The fourth-order valence-electron chi connectivity index (χ4n) is 1.69. The molecule has 0 spiro atoms. The number of ether oxygens (including phenoxy) is 1. The van der Waals surface area contributed by atoms with Gasteiger partial charge in [-0.15, -0.1) is 11.3 Å². The topological polar surface area (TPSA) is 39.2 Å². The standard InChI is InChI=1S/C15H17NO2S/c1-10(2)12-4-6-13(7-5-12)15-16-14(9-19-15)8-18-11(3)17/h4-7,9-10H,8H2,1-3H3. The summed E-state index contributed by atoms with van der Waals surface area (Å²) in [6, 6.07) is 8.44. The van der Waals surface area contributed by atoms with Crippen molar-refractivity contribution in [1.82, 2.24) is 4.98 Å². The highest BCUT2D eigenvalue weighted by Crippen LogP contribution is 2.25. The van der Waals surface area contributed by atoms with Gasteiger partial charge in [-0.25, -0.2) is 4.98 Å². The van der Waals surface area contributed by atoms with E-state index >= 15 is 0 Å². The molecule has 4 heteroatoms. The Morgan fingerprint density at radius 2 is 2.00 bits per heavy atom. The maximum absolute atomic E-state index is 10.7. The summed E-state index contributed by atoms with van der Waals surface area (Å²) in [5.41, 5.74) is 3.21. The smallest absolute Gasteiger partial charge is 0.303 e. The highest BCUT2D eigenvalue weighted by atomic mass is 32.1. The van der Waals surface area contributed by atoms with Crippen molar-refractivity contribution in [3.8, 4) is 10.6 Å². The zero-order valence-electron chi connectivity index (χ0n) is 11.3. The van der Waals surface area contributed by atoms with Crippen molar-refractivity contribution in [2.75, 3.05) is 0 Å². The summed E-state index contributed by atoms with van der Waals surface area (Å²) in [6.45, 7) is 6.00. The van der Waals surface area contributed by atoms with Crippen molar-refractivity contribution in [1.29, 1.82) is 0 Å². The third-order valence-corrected chi connectivity index (χ3v) is 3.74. The third kappa shape index (κ3) is 3.64. The lowest BCUT2D eigenvalue weighted by Crippen LogP contribution is -1.98. The Morgan fingerprint density at radius 1 is 1.32 bits per heavy atom. The lowest BCUT2D eigenvalue weighted by molar-refractivity contribution is -0.142. The highest BCUT2D eigenvalue weighted by molar-refractivity contribution is 7.13. The van der Waals surface area contributed by atoms with E-state index in [0.29, 0.717) is 5.92 Å². The third-order valence-electron chi connectivity index (χ3n) is 2.80. The van der Waals surface area contributed by atoms with E-state index in [0.717, 1.165) is 16.3 Å². The Kier molecular flexibility index (Phi) is 4.32. The average molecular weight is 275 g/mol. The van der Waals surface area contributed by atoms with E-state index in [1.165, 1.54) is 12.5 Å². The molecule has 0 amide bonds. The zero-order chi connectivity index (χ0) is 13.8. The minimum Gasteiger partial charge on any atom is -0.459 e. The molecule has 0 N–H and O–H groups in total. The van der Waals surface area contributed by atoms with Gasteiger partial charge < -0.3 is 4.74 Å². The van der Waals surface area contributed by atoms with Crippen molar-refractivity contribution in [3.05, 3.63) is 40.9 Å². The van der Waals surface area contributed by atoms with Crippen LogP contribution in [0.5, 0.6) is 0 Å². The Hall–Kier alpha value is -1.68. The molecule has 100 valence electrons. The monoisotopic (exact) mass is 275 g/mol. The average Bonchev–Trinajstić information content (AvgIpc) is 2.85. The number of nitrogens with zero attached hydrogens (tertiary/aromatic N) is 1. The zero-order valence-corrected chi connectivity index (χ0v) is 12.2. The van der Waals surface area contributed by atoms with Crippen LogP contribution in [0.3, 0.4) is 0 Å². The molecular weight excluding hydrogens is 258 g/mol. The molecule has 0 aliphatic carbocycles. The van der Waals surface area contributed by atoms with Crippen molar-refractivity contribution in [2.45, 2.75) is 33.3 Å². The van der Waals surface area contributed by atoms with E-state index in [1.807, 2.05) is 5.38 Å². The van der Waals surface area contributed by atoms with E-state index in [-0.39, 0.29) is 12.6 Å². The van der Waals surface area contributed by atoms with Gasteiger partial charge in [-0.2, -0.15) is 0 Å². The normalized spacial score (nSPS) is 10.7. The molecule has 0 aliphatic heterocycles. The number of rotatable bonds is 4. The second-order valence-electron chi connectivity index (χ2n) is 4.70.